The molecule has 0 aliphatic heterocycles. The molecule has 0 bridgehead atoms. The number of hydrogen-bond acceptors (Lipinski definition) is 6. The van der Waals surface area contributed by atoms with E-state index >= 15 is 0 Å². The highest BCUT2D eigenvalue weighted by atomic mass is 16.6. The molecule has 2 aromatic carbocycles. The Bertz CT molecular complexity index is 821. The highest BCUT2D eigenvalue weighted by Crippen LogP contribution is 2.21. The number of nitro benzene ring substituents is 1. The van der Waals surface area contributed by atoms with Crippen molar-refractivity contribution in [1.82, 2.24) is 5.32 Å². The molecule has 1 atom stereocenters. The first-order chi connectivity index (χ1) is 12.4. The van der Waals surface area contributed by atoms with Crippen LogP contribution in [-0.2, 0) is 9.53 Å². The van der Waals surface area contributed by atoms with Gasteiger partial charge in [0.15, 0.2) is 0 Å². The number of esters is 1. The normalized spacial score (nSPS) is 11.3. The summed E-state index contributed by atoms with van der Waals surface area (Å²) in [5.41, 5.74) is 0.702. The van der Waals surface area contributed by atoms with Gasteiger partial charge in [0, 0.05) is 12.1 Å². The van der Waals surface area contributed by atoms with Crippen LogP contribution in [0.3, 0.4) is 0 Å². The molecule has 0 spiro atoms. The van der Waals surface area contributed by atoms with E-state index in [1.54, 1.807) is 37.3 Å². The van der Waals surface area contributed by atoms with Gasteiger partial charge < -0.3 is 14.8 Å². The van der Waals surface area contributed by atoms with Crippen LogP contribution in [0.1, 0.15) is 28.9 Å². The summed E-state index contributed by atoms with van der Waals surface area (Å²) >= 11 is 0. The maximum atomic E-state index is 12.1. The molecule has 2 aromatic rings. The highest BCUT2D eigenvalue weighted by Gasteiger charge is 2.17. The maximum Gasteiger partial charge on any atom is 0.326 e. The summed E-state index contributed by atoms with van der Waals surface area (Å²) in [5, 5.41) is 13.3. The fourth-order valence-corrected chi connectivity index (χ4v) is 2.28. The van der Waals surface area contributed by atoms with Crippen molar-refractivity contribution < 1.29 is 24.0 Å². The number of nitrogens with zero attached hydrogens (tertiary/aromatic N) is 1. The molecule has 0 unspecified atom stereocenters. The second-order valence-electron chi connectivity index (χ2n) is 5.37. The van der Waals surface area contributed by atoms with Gasteiger partial charge in [0.1, 0.15) is 18.4 Å². The van der Waals surface area contributed by atoms with Crippen LogP contribution in [0.4, 0.5) is 5.69 Å². The fourth-order valence-electron chi connectivity index (χ4n) is 2.28. The van der Waals surface area contributed by atoms with Crippen LogP contribution in [0.2, 0.25) is 0 Å². The van der Waals surface area contributed by atoms with Gasteiger partial charge in [-0.15, -0.1) is 0 Å². The van der Waals surface area contributed by atoms with Gasteiger partial charge >= 0.3 is 5.97 Å². The second-order valence-corrected chi connectivity index (χ2v) is 5.37. The van der Waals surface area contributed by atoms with Gasteiger partial charge in [-0.1, -0.05) is 24.3 Å². The Labute approximate surface area is 149 Å². The molecule has 0 radical (unpaired) electrons. The summed E-state index contributed by atoms with van der Waals surface area (Å²) in [4.78, 5) is 34.3. The smallest absolute Gasteiger partial charge is 0.326 e. The highest BCUT2D eigenvalue weighted by molar-refractivity contribution is 5.98. The number of nitrogens with one attached hydrogen (secondary N) is 1. The molecule has 0 saturated carbocycles. The minimum Gasteiger partial charge on any atom is -0.496 e. The van der Waals surface area contributed by atoms with Gasteiger partial charge in [0.25, 0.3) is 11.6 Å². The Balaban J connectivity index is 1.93. The molecule has 26 heavy (non-hydrogen) atoms. The molecule has 136 valence electrons. The molecule has 1 amide bonds. The molecule has 8 nitrogen and oxygen atoms in total. The molecule has 0 saturated heterocycles. The molecule has 0 fully saturated rings. The maximum absolute atomic E-state index is 12.1. The molecule has 0 aliphatic carbocycles. The largest absolute Gasteiger partial charge is 0.496 e. The molecular formula is C18H18N2O6. The lowest BCUT2D eigenvalue weighted by Crippen LogP contribution is -2.31. The SMILES string of the molecule is COc1ccccc1C(=O)NCC(=O)O[C@H](C)c1cccc([N+](=O)[O-])c1. The van der Waals surface area contributed by atoms with E-state index in [2.05, 4.69) is 5.32 Å². The van der Waals surface area contributed by atoms with E-state index in [1.165, 1.54) is 25.3 Å². The Kier molecular flexibility index (Phi) is 6.26. The lowest BCUT2D eigenvalue weighted by Gasteiger charge is -2.14. The van der Waals surface area contributed by atoms with E-state index in [1.807, 2.05) is 0 Å². The summed E-state index contributed by atoms with van der Waals surface area (Å²) in [6.45, 7) is 1.26. The molecule has 8 heteroatoms. The zero-order chi connectivity index (χ0) is 19.1. The van der Waals surface area contributed by atoms with Crippen LogP contribution in [-0.4, -0.2) is 30.5 Å². The number of hydrogen-bond donors (Lipinski definition) is 1. The Hall–Kier alpha value is -3.42. The quantitative estimate of drug-likeness (QED) is 0.463. The van der Waals surface area contributed by atoms with E-state index < -0.39 is 22.9 Å². The first-order valence-corrected chi connectivity index (χ1v) is 7.77. The number of carbonyl (C=O) groups is 2. The van der Waals surface area contributed by atoms with Crippen LogP contribution in [0, 0.1) is 10.1 Å². The fraction of sp³-hybridized carbons (Fsp3) is 0.222. The number of para-hydroxylation sites is 1. The number of amides is 1. The van der Waals surface area contributed by atoms with Crippen LogP contribution in [0.25, 0.3) is 0 Å². The summed E-state index contributed by atoms with van der Waals surface area (Å²) < 4.78 is 10.3. The first-order valence-electron chi connectivity index (χ1n) is 7.77. The van der Waals surface area contributed by atoms with Crippen molar-refractivity contribution in [3.63, 3.8) is 0 Å². The van der Waals surface area contributed by atoms with Gasteiger partial charge in [-0.05, 0) is 24.6 Å². The van der Waals surface area contributed by atoms with Crippen LogP contribution in [0.5, 0.6) is 5.75 Å². The molecule has 0 aliphatic rings. The topological polar surface area (TPSA) is 108 Å². The van der Waals surface area contributed by atoms with Crippen molar-refractivity contribution in [2.24, 2.45) is 0 Å². The van der Waals surface area contributed by atoms with E-state index in [0.717, 1.165) is 0 Å². The summed E-state index contributed by atoms with van der Waals surface area (Å²) in [6, 6.07) is 12.4. The average Bonchev–Trinajstić information content (AvgIpc) is 2.66. The Morgan fingerprint density at radius 1 is 1.19 bits per heavy atom. The van der Waals surface area contributed by atoms with Crippen molar-refractivity contribution in [1.29, 1.82) is 0 Å². The Morgan fingerprint density at radius 2 is 1.92 bits per heavy atom. The minimum absolute atomic E-state index is 0.0881. The van der Waals surface area contributed by atoms with Gasteiger partial charge in [-0.3, -0.25) is 19.7 Å². The predicted molar refractivity (Wildman–Crippen MR) is 92.9 cm³/mol. The number of non-ortho nitro benzene ring substituents is 1. The van der Waals surface area contributed by atoms with Crippen LogP contribution < -0.4 is 10.1 Å². The Morgan fingerprint density at radius 3 is 2.62 bits per heavy atom. The van der Waals surface area contributed by atoms with Gasteiger partial charge in [0.2, 0.25) is 0 Å². The molecular weight excluding hydrogens is 340 g/mol. The van der Waals surface area contributed by atoms with Gasteiger partial charge in [-0.2, -0.15) is 0 Å². The summed E-state index contributed by atoms with van der Waals surface area (Å²) in [6.07, 6.45) is -0.689. The standard InChI is InChI=1S/C18H18N2O6/c1-12(13-6-5-7-14(10-13)20(23)24)26-17(21)11-19-18(22)15-8-3-4-9-16(15)25-2/h3-10,12H,11H2,1-2H3,(H,19,22)/t12-/m1/s1. The molecule has 2 rings (SSSR count). The average molecular weight is 358 g/mol. The third kappa shape index (κ3) is 4.79. The number of ether oxygens (including phenoxy) is 2. The van der Waals surface area contributed by atoms with Gasteiger partial charge in [-0.25, -0.2) is 0 Å². The second kappa shape index (κ2) is 8.61. The van der Waals surface area contributed by atoms with Crippen LogP contribution in [0.15, 0.2) is 48.5 Å². The van der Waals surface area contributed by atoms with Crippen molar-refractivity contribution >= 4 is 17.6 Å². The number of rotatable bonds is 7. The van der Waals surface area contributed by atoms with E-state index in [4.69, 9.17) is 9.47 Å². The van der Waals surface area contributed by atoms with Crippen molar-refractivity contribution in [2.45, 2.75) is 13.0 Å². The third-order valence-corrected chi connectivity index (χ3v) is 3.60. The number of nitro groups is 1. The molecule has 1 N–H and O–H groups in total. The third-order valence-electron chi connectivity index (χ3n) is 3.60. The minimum atomic E-state index is -0.689. The zero-order valence-electron chi connectivity index (χ0n) is 14.3. The van der Waals surface area contributed by atoms with Crippen LogP contribution >= 0.6 is 0 Å². The molecule has 0 heterocycles. The van der Waals surface area contributed by atoms with Crippen molar-refractivity contribution in [3.05, 3.63) is 69.8 Å². The number of carbonyl (C=O) groups excluding carboxylic acids is 2. The lowest BCUT2D eigenvalue weighted by atomic mass is 10.1. The van der Waals surface area contributed by atoms with Crippen molar-refractivity contribution in [3.8, 4) is 5.75 Å². The first kappa shape index (κ1) is 18.9. The number of benzene rings is 2. The number of methoxy groups -OCH3 is 1. The summed E-state index contributed by atoms with van der Waals surface area (Å²) in [7, 11) is 1.45. The molecule has 0 aromatic heterocycles. The summed E-state index contributed by atoms with van der Waals surface area (Å²) in [5.74, 6) is -0.738. The van der Waals surface area contributed by atoms with E-state index in [0.29, 0.717) is 16.9 Å². The lowest BCUT2D eigenvalue weighted by molar-refractivity contribution is -0.385. The van der Waals surface area contributed by atoms with E-state index in [-0.39, 0.29) is 12.2 Å². The van der Waals surface area contributed by atoms with E-state index in [9.17, 15) is 19.7 Å². The predicted octanol–water partition coefficient (Wildman–Crippen LogP) is 2.64. The zero-order valence-corrected chi connectivity index (χ0v) is 14.3. The monoisotopic (exact) mass is 358 g/mol. The van der Waals surface area contributed by atoms with Gasteiger partial charge in [0.05, 0.1) is 17.6 Å². The van der Waals surface area contributed by atoms with Crippen molar-refractivity contribution in [2.75, 3.05) is 13.7 Å².